The van der Waals surface area contributed by atoms with Crippen LogP contribution in [0.5, 0.6) is 0 Å². The van der Waals surface area contributed by atoms with Crippen LogP contribution in [0.4, 0.5) is 0 Å². The van der Waals surface area contributed by atoms with Crippen LogP contribution in [-0.2, 0) is 10.3 Å². The number of aryl methyl sites for hydroxylation is 1. The van der Waals surface area contributed by atoms with E-state index in [9.17, 15) is 4.79 Å². The minimum absolute atomic E-state index is 0.390. The average molecular weight is 405 g/mol. The topological polar surface area (TPSA) is 55.1 Å². The normalized spacial score (nSPS) is 22.0. The lowest BCUT2D eigenvalue weighted by molar-refractivity contribution is -0.110. The second-order valence-electron chi connectivity index (χ2n) is 5.97. The molecular formula is C19H14Cl2N2O2S. The largest absolute Gasteiger partial charge is 0.441 e. The van der Waals surface area contributed by atoms with Crippen LogP contribution < -0.4 is 5.32 Å². The Morgan fingerprint density at radius 3 is 2.96 bits per heavy atom. The third-order valence-corrected chi connectivity index (χ3v) is 6.42. The van der Waals surface area contributed by atoms with Crippen LogP contribution in [0.3, 0.4) is 0 Å². The minimum Gasteiger partial charge on any atom is -0.441 e. The number of rotatable bonds is 4. The van der Waals surface area contributed by atoms with Crippen molar-refractivity contribution in [2.45, 2.75) is 17.8 Å². The van der Waals surface area contributed by atoms with Gasteiger partial charge in [-0.1, -0.05) is 35.9 Å². The molecule has 1 aliphatic carbocycles. The highest BCUT2D eigenvalue weighted by Crippen LogP contribution is 2.42. The van der Waals surface area contributed by atoms with Crippen molar-refractivity contribution in [2.75, 3.05) is 0 Å². The summed E-state index contributed by atoms with van der Waals surface area (Å²) >= 11 is 14.5. The van der Waals surface area contributed by atoms with E-state index in [1.165, 1.54) is 11.3 Å². The van der Waals surface area contributed by atoms with E-state index in [2.05, 4.69) is 10.3 Å². The van der Waals surface area contributed by atoms with E-state index in [1.54, 1.807) is 13.0 Å². The Hall–Kier alpha value is -2.08. The SMILES string of the molecule is Cc1nc2cc(Cl)c(-c3ccc(C4(NC=O)C=CC=CC4Cl)s3)cc2o1. The molecular weight excluding hydrogens is 391 g/mol. The number of hydrogen-bond acceptors (Lipinski definition) is 4. The van der Waals surface area contributed by atoms with Gasteiger partial charge in [0.05, 0.1) is 10.4 Å². The summed E-state index contributed by atoms with van der Waals surface area (Å²) in [4.78, 5) is 17.4. The third-order valence-electron chi connectivity index (χ3n) is 4.35. The molecule has 0 saturated carbocycles. The van der Waals surface area contributed by atoms with Gasteiger partial charge in [0.15, 0.2) is 11.5 Å². The molecule has 1 aliphatic rings. The fraction of sp³-hybridized carbons (Fsp3) is 0.158. The van der Waals surface area contributed by atoms with Gasteiger partial charge in [-0.3, -0.25) is 4.79 Å². The molecule has 26 heavy (non-hydrogen) atoms. The van der Waals surface area contributed by atoms with E-state index >= 15 is 0 Å². The van der Waals surface area contributed by atoms with Crippen molar-refractivity contribution in [1.82, 2.24) is 10.3 Å². The van der Waals surface area contributed by atoms with E-state index in [4.69, 9.17) is 27.6 Å². The van der Waals surface area contributed by atoms with Gasteiger partial charge in [0.1, 0.15) is 11.1 Å². The number of nitrogens with one attached hydrogen (secondary N) is 1. The zero-order chi connectivity index (χ0) is 18.3. The van der Waals surface area contributed by atoms with Crippen LogP contribution in [0.2, 0.25) is 5.02 Å². The Morgan fingerprint density at radius 2 is 2.19 bits per heavy atom. The lowest BCUT2D eigenvalue weighted by Gasteiger charge is -2.34. The Bertz CT molecular complexity index is 1050. The molecule has 0 spiro atoms. The van der Waals surface area contributed by atoms with Crippen LogP contribution >= 0.6 is 34.5 Å². The molecule has 0 aliphatic heterocycles. The fourth-order valence-electron chi connectivity index (χ4n) is 3.08. The second-order valence-corrected chi connectivity index (χ2v) is 7.93. The Kier molecular flexibility index (Phi) is 4.39. The van der Waals surface area contributed by atoms with Gasteiger partial charge in [0.25, 0.3) is 0 Å². The predicted molar refractivity (Wildman–Crippen MR) is 106 cm³/mol. The second kappa shape index (κ2) is 6.58. The van der Waals surface area contributed by atoms with Gasteiger partial charge in [0, 0.05) is 22.2 Å². The predicted octanol–water partition coefficient (Wildman–Crippen LogP) is 5.19. The van der Waals surface area contributed by atoms with Gasteiger partial charge in [-0.15, -0.1) is 22.9 Å². The zero-order valence-electron chi connectivity index (χ0n) is 13.7. The van der Waals surface area contributed by atoms with E-state index in [-0.39, 0.29) is 5.38 Å². The van der Waals surface area contributed by atoms with E-state index < -0.39 is 5.54 Å². The number of allylic oxidation sites excluding steroid dienone is 2. The summed E-state index contributed by atoms with van der Waals surface area (Å²) in [5.74, 6) is 0.596. The molecule has 3 aromatic rings. The van der Waals surface area contributed by atoms with E-state index in [0.29, 0.717) is 22.9 Å². The number of aromatic nitrogens is 1. The standard InChI is InChI=1S/C19H14Cl2N2O2S/c1-11-23-14-9-13(20)12(8-15(14)25-11)16-5-6-18(26-16)19(22-10-24)7-3-2-4-17(19)21/h2-10,17H,1H3,(H,22,24). The highest BCUT2D eigenvalue weighted by Gasteiger charge is 2.38. The first-order valence-electron chi connectivity index (χ1n) is 7.92. The molecule has 2 atom stereocenters. The first-order chi connectivity index (χ1) is 12.5. The lowest BCUT2D eigenvalue weighted by atomic mass is 9.89. The average Bonchev–Trinajstić information content (AvgIpc) is 3.22. The molecule has 2 unspecified atom stereocenters. The minimum atomic E-state index is -0.777. The fourth-order valence-corrected chi connectivity index (χ4v) is 5.01. The Balaban J connectivity index is 1.80. The molecule has 0 bridgehead atoms. The molecule has 132 valence electrons. The van der Waals surface area contributed by atoms with Gasteiger partial charge in [0.2, 0.25) is 6.41 Å². The number of alkyl halides is 1. The van der Waals surface area contributed by atoms with Gasteiger partial charge < -0.3 is 9.73 Å². The van der Waals surface area contributed by atoms with E-state index in [0.717, 1.165) is 20.8 Å². The first kappa shape index (κ1) is 17.3. The number of halogens is 2. The quantitative estimate of drug-likeness (QED) is 0.480. The molecule has 1 amide bonds. The first-order valence-corrected chi connectivity index (χ1v) is 9.55. The maximum absolute atomic E-state index is 11.2. The van der Waals surface area contributed by atoms with Crippen molar-refractivity contribution in [3.63, 3.8) is 0 Å². The third kappa shape index (κ3) is 2.76. The van der Waals surface area contributed by atoms with Crippen LogP contribution in [0.1, 0.15) is 10.8 Å². The van der Waals surface area contributed by atoms with Gasteiger partial charge >= 0.3 is 0 Å². The number of carbonyl (C=O) groups is 1. The van der Waals surface area contributed by atoms with Crippen molar-refractivity contribution in [3.05, 3.63) is 64.4 Å². The lowest BCUT2D eigenvalue weighted by Crippen LogP contribution is -2.46. The maximum Gasteiger partial charge on any atom is 0.208 e. The molecule has 4 rings (SSSR count). The molecule has 1 aromatic carbocycles. The summed E-state index contributed by atoms with van der Waals surface area (Å²) in [5, 5.41) is 3.08. The van der Waals surface area contributed by atoms with Gasteiger partial charge in [-0.2, -0.15) is 0 Å². The summed E-state index contributed by atoms with van der Waals surface area (Å²) in [6.45, 7) is 1.80. The summed E-state index contributed by atoms with van der Waals surface area (Å²) < 4.78 is 5.62. The molecule has 2 heterocycles. The van der Waals surface area contributed by atoms with Crippen molar-refractivity contribution in [1.29, 1.82) is 0 Å². The molecule has 0 fully saturated rings. The van der Waals surface area contributed by atoms with Crippen LogP contribution in [-0.4, -0.2) is 16.8 Å². The number of oxazole rings is 1. The molecule has 0 saturated heterocycles. The number of amides is 1. The van der Waals surface area contributed by atoms with Crippen molar-refractivity contribution >= 4 is 52.0 Å². The summed E-state index contributed by atoms with van der Waals surface area (Å²) in [6, 6.07) is 7.62. The van der Waals surface area contributed by atoms with Crippen molar-refractivity contribution < 1.29 is 9.21 Å². The number of benzene rings is 1. The summed E-state index contributed by atoms with van der Waals surface area (Å²) in [6.07, 6.45) is 8.18. The van der Waals surface area contributed by atoms with Gasteiger partial charge in [-0.25, -0.2) is 4.98 Å². The number of nitrogens with zero attached hydrogens (tertiary/aromatic N) is 1. The Labute approximate surface area is 164 Å². The molecule has 4 nitrogen and oxygen atoms in total. The maximum atomic E-state index is 11.2. The monoisotopic (exact) mass is 404 g/mol. The zero-order valence-corrected chi connectivity index (χ0v) is 16.0. The number of carbonyl (C=O) groups excluding carboxylic acids is 1. The van der Waals surface area contributed by atoms with Crippen molar-refractivity contribution in [3.8, 4) is 10.4 Å². The summed E-state index contributed by atoms with van der Waals surface area (Å²) in [5.41, 5.74) is 1.50. The van der Waals surface area contributed by atoms with Gasteiger partial charge in [-0.05, 0) is 24.3 Å². The van der Waals surface area contributed by atoms with E-state index in [1.807, 2.05) is 42.5 Å². The highest BCUT2D eigenvalue weighted by molar-refractivity contribution is 7.15. The molecule has 1 N–H and O–H groups in total. The van der Waals surface area contributed by atoms with Crippen molar-refractivity contribution in [2.24, 2.45) is 0 Å². The molecule has 0 radical (unpaired) electrons. The highest BCUT2D eigenvalue weighted by atomic mass is 35.5. The van der Waals surface area contributed by atoms with Crippen LogP contribution in [0.15, 0.2) is 53.0 Å². The van der Waals surface area contributed by atoms with Crippen LogP contribution in [0.25, 0.3) is 21.5 Å². The smallest absolute Gasteiger partial charge is 0.208 e. The Morgan fingerprint density at radius 1 is 1.35 bits per heavy atom. The molecule has 2 aromatic heterocycles. The number of fused-ring (bicyclic) bond motifs is 1. The summed E-state index contributed by atoms with van der Waals surface area (Å²) in [7, 11) is 0. The number of thiophene rings is 1. The van der Waals surface area contributed by atoms with Crippen LogP contribution in [0, 0.1) is 6.92 Å². The number of hydrogen-bond donors (Lipinski definition) is 1. The molecule has 7 heteroatoms.